The van der Waals surface area contributed by atoms with Crippen molar-refractivity contribution in [3.05, 3.63) is 59.4 Å². The number of aromatic nitrogens is 2. The van der Waals surface area contributed by atoms with Crippen molar-refractivity contribution >= 4 is 16.9 Å². The van der Waals surface area contributed by atoms with Gasteiger partial charge in [-0.25, -0.2) is 4.98 Å². The van der Waals surface area contributed by atoms with Crippen LogP contribution in [0.2, 0.25) is 0 Å². The van der Waals surface area contributed by atoms with E-state index < -0.39 is 0 Å². The Kier molecular flexibility index (Phi) is 4.51. The van der Waals surface area contributed by atoms with Crippen LogP contribution in [-0.2, 0) is 24.8 Å². The third kappa shape index (κ3) is 3.40. The smallest absolute Gasteiger partial charge is 0.224 e. The van der Waals surface area contributed by atoms with E-state index in [4.69, 9.17) is 4.74 Å². The second kappa shape index (κ2) is 6.74. The molecule has 5 nitrogen and oxygen atoms in total. The Balaban J connectivity index is 1.61. The molecule has 124 valence electrons. The van der Waals surface area contributed by atoms with Gasteiger partial charge in [-0.15, -0.1) is 0 Å². The van der Waals surface area contributed by atoms with E-state index in [2.05, 4.69) is 10.3 Å². The molecule has 0 spiro atoms. The Morgan fingerprint density at radius 1 is 1.17 bits per heavy atom. The number of methoxy groups -OCH3 is 1. The molecule has 1 N–H and O–H groups in total. The Hall–Kier alpha value is -2.82. The highest BCUT2D eigenvalue weighted by Gasteiger charge is 2.08. The lowest BCUT2D eigenvalue weighted by molar-refractivity contribution is -0.120. The second-order valence-electron chi connectivity index (χ2n) is 5.84. The van der Waals surface area contributed by atoms with Gasteiger partial charge in [-0.2, -0.15) is 0 Å². The first-order valence-corrected chi connectivity index (χ1v) is 7.88. The number of nitrogens with zero attached hydrogens (tertiary/aromatic N) is 2. The van der Waals surface area contributed by atoms with Crippen LogP contribution in [0, 0.1) is 6.92 Å². The number of imidazole rings is 1. The fraction of sp³-hybridized carbons (Fsp3) is 0.263. The molecule has 1 aromatic heterocycles. The number of fused-ring (bicyclic) bond motifs is 1. The van der Waals surface area contributed by atoms with Crippen molar-refractivity contribution in [2.75, 3.05) is 7.11 Å². The lowest BCUT2D eigenvalue weighted by atomic mass is 10.1. The molecule has 0 saturated heterocycles. The molecule has 0 bridgehead atoms. The molecule has 2 aromatic carbocycles. The van der Waals surface area contributed by atoms with E-state index in [0.29, 0.717) is 13.0 Å². The van der Waals surface area contributed by atoms with Gasteiger partial charge in [-0.3, -0.25) is 4.79 Å². The Bertz CT molecular complexity index is 866. The number of hydrogen-bond donors (Lipinski definition) is 1. The van der Waals surface area contributed by atoms with Crippen LogP contribution in [0.4, 0.5) is 0 Å². The molecular formula is C19H21N3O2. The van der Waals surface area contributed by atoms with Gasteiger partial charge in [0.2, 0.25) is 5.91 Å². The maximum absolute atomic E-state index is 12.2. The molecule has 0 saturated carbocycles. The largest absolute Gasteiger partial charge is 0.497 e. The first-order chi connectivity index (χ1) is 11.6. The topological polar surface area (TPSA) is 56.1 Å². The summed E-state index contributed by atoms with van der Waals surface area (Å²) >= 11 is 0. The molecule has 0 unspecified atom stereocenters. The number of carbonyl (C=O) groups excluding carboxylic acids is 1. The van der Waals surface area contributed by atoms with E-state index in [1.165, 1.54) is 0 Å². The maximum Gasteiger partial charge on any atom is 0.224 e. The van der Waals surface area contributed by atoms with Gasteiger partial charge in [0, 0.05) is 13.6 Å². The predicted molar refractivity (Wildman–Crippen MR) is 94.0 cm³/mol. The van der Waals surface area contributed by atoms with Crippen LogP contribution in [0.15, 0.2) is 42.5 Å². The zero-order valence-electron chi connectivity index (χ0n) is 14.2. The number of benzene rings is 2. The maximum atomic E-state index is 12.2. The van der Waals surface area contributed by atoms with Gasteiger partial charge in [0.25, 0.3) is 0 Å². The normalized spacial score (nSPS) is 10.8. The predicted octanol–water partition coefficient (Wildman–Crippen LogP) is 2.75. The SMILES string of the molecule is COc1ccc(CNC(=O)Cc2ccc3c(c2)nc(C)n3C)cc1. The van der Waals surface area contributed by atoms with Crippen LogP contribution in [0.3, 0.4) is 0 Å². The lowest BCUT2D eigenvalue weighted by Crippen LogP contribution is -2.24. The molecular weight excluding hydrogens is 302 g/mol. The zero-order valence-corrected chi connectivity index (χ0v) is 14.2. The van der Waals surface area contributed by atoms with Crippen LogP contribution >= 0.6 is 0 Å². The minimum atomic E-state index is -0.00202. The summed E-state index contributed by atoms with van der Waals surface area (Å²) in [5.41, 5.74) is 4.01. The zero-order chi connectivity index (χ0) is 17.1. The molecule has 0 radical (unpaired) electrons. The van der Waals surface area contributed by atoms with Crippen molar-refractivity contribution in [1.82, 2.24) is 14.9 Å². The van der Waals surface area contributed by atoms with Gasteiger partial charge in [-0.05, 0) is 42.3 Å². The fourth-order valence-electron chi connectivity index (χ4n) is 2.67. The Morgan fingerprint density at radius 3 is 2.58 bits per heavy atom. The van der Waals surface area contributed by atoms with Gasteiger partial charge in [0.1, 0.15) is 11.6 Å². The van der Waals surface area contributed by atoms with Crippen LogP contribution in [-0.4, -0.2) is 22.6 Å². The van der Waals surface area contributed by atoms with Crippen LogP contribution in [0.1, 0.15) is 17.0 Å². The van der Waals surface area contributed by atoms with Crippen molar-refractivity contribution in [1.29, 1.82) is 0 Å². The van der Waals surface area contributed by atoms with Crippen molar-refractivity contribution in [2.45, 2.75) is 19.9 Å². The summed E-state index contributed by atoms with van der Waals surface area (Å²) in [6.07, 6.45) is 0.349. The molecule has 0 aliphatic heterocycles. The number of aryl methyl sites for hydroxylation is 2. The summed E-state index contributed by atoms with van der Waals surface area (Å²) in [5, 5.41) is 2.94. The van der Waals surface area contributed by atoms with E-state index in [0.717, 1.165) is 33.7 Å². The lowest BCUT2D eigenvalue weighted by Gasteiger charge is -2.07. The van der Waals surface area contributed by atoms with Crippen molar-refractivity contribution < 1.29 is 9.53 Å². The number of amides is 1. The summed E-state index contributed by atoms with van der Waals surface area (Å²) in [6, 6.07) is 13.6. The third-order valence-electron chi connectivity index (χ3n) is 4.18. The Labute approximate surface area is 141 Å². The van der Waals surface area contributed by atoms with Gasteiger partial charge in [0.15, 0.2) is 0 Å². The summed E-state index contributed by atoms with van der Waals surface area (Å²) in [4.78, 5) is 16.7. The van der Waals surface area contributed by atoms with E-state index in [-0.39, 0.29) is 5.91 Å². The van der Waals surface area contributed by atoms with E-state index in [9.17, 15) is 4.79 Å². The van der Waals surface area contributed by atoms with Crippen molar-refractivity contribution in [3.8, 4) is 5.75 Å². The average molecular weight is 323 g/mol. The molecule has 1 amide bonds. The van der Waals surface area contributed by atoms with Crippen molar-refractivity contribution in [2.24, 2.45) is 7.05 Å². The summed E-state index contributed by atoms with van der Waals surface area (Å²) in [6.45, 7) is 2.48. The molecule has 3 rings (SSSR count). The van der Waals surface area contributed by atoms with Gasteiger partial charge in [0.05, 0.1) is 24.6 Å². The first kappa shape index (κ1) is 16.1. The van der Waals surface area contributed by atoms with Gasteiger partial charge < -0.3 is 14.6 Å². The van der Waals surface area contributed by atoms with E-state index in [1.807, 2.05) is 61.0 Å². The Morgan fingerprint density at radius 2 is 1.88 bits per heavy atom. The highest BCUT2D eigenvalue weighted by Crippen LogP contribution is 2.17. The monoisotopic (exact) mass is 323 g/mol. The summed E-state index contributed by atoms with van der Waals surface area (Å²) < 4.78 is 7.17. The fourth-order valence-corrected chi connectivity index (χ4v) is 2.67. The molecule has 24 heavy (non-hydrogen) atoms. The first-order valence-electron chi connectivity index (χ1n) is 7.88. The van der Waals surface area contributed by atoms with Crippen molar-refractivity contribution in [3.63, 3.8) is 0 Å². The summed E-state index contributed by atoms with van der Waals surface area (Å²) in [7, 11) is 3.63. The van der Waals surface area contributed by atoms with Crippen LogP contribution < -0.4 is 10.1 Å². The molecule has 3 aromatic rings. The molecule has 1 heterocycles. The minimum Gasteiger partial charge on any atom is -0.497 e. The van der Waals surface area contributed by atoms with Gasteiger partial charge >= 0.3 is 0 Å². The average Bonchev–Trinajstić information content (AvgIpc) is 2.87. The quantitative estimate of drug-likeness (QED) is 0.785. The number of nitrogens with one attached hydrogen (secondary N) is 1. The minimum absolute atomic E-state index is 0.00202. The second-order valence-corrected chi connectivity index (χ2v) is 5.84. The molecule has 0 fully saturated rings. The highest BCUT2D eigenvalue weighted by atomic mass is 16.5. The third-order valence-corrected chi connectivity index (χ3v) is 4.18. The van der Waals surface area contributed by atoms with Crippen LogP contribution in [0.5, 0.6) is 5.75 Å². The molecule has 0 aliphatic rings. The number of rotatable bonds is 5. The highest BCUT2D eigenvalue weighted by molar-refractivity contribution is 5.82. The van der Waals surface area contributed by atoms with E-state index >= 15 is 0 Å². The summed E-state index contributed by atoms with van der Waals surface area (Å²) in [5.74, 6) is 1.77. The number of hydrogen-bond acceptors (Lipinski definition) is 3. The molecule has 0 atom stereocenters. The van der Waals surface area contributed by atoms with Crippen LogP contribution in [0.25, 0.3) is 11.0 Å². The molecule has 5 heteroatoms. The molecule has 0 aliphatic carbocycles. The standard InChI is InChI=1S/C19H21N3O2/c1-13-21-17-10-15(6-9-18(17)22(13)2)11-19(23)20-12-14-4-7-16(24-3)8-5-14/h4-10H,11-12H2,1-3H3,(H,20,23). The number of ether oxygens (including phenoxy) is 1. The van der Waals surface area contributed by atoms with Gasteiger partial charge in [-0.1, -0.05) is 18.2 Å². The van der Waals surface area contributed by atoms with E-state index in [1.54, 1.807) is 7.11 Å². The number of carbonyl (C=O) groups is 1.